The molecule has 1 aromatic carbocycles. The average Bonchev–Trinajstić information content (AvgIpc) is 2.60. The van der Waals surface area contributed by atoms with E-state index in [0.29, 0.717) is 24.9 Å². The number of nitrogens with one attached hydrogen (secondary N) is 1. The van der Waals surface area contributed by atoms with E-state index in [0.717, 1.165) is 36.9 Å². The molecular formula is C17H26N2O3S. The maximum absolute atomic E-state index is 12.0. The quantitative estimate of drug-likeness (QED) is 0.735. The fourth-order valence-electron chi connectivity index (χ4n) is 2.41. The van der Waals surface area contributed by atoms with E-state index in [1.165, 1.54) is 0 Å². The number of hydrogen-bond acceptors (Lipinski definition) is 5. The van der Waals surface area contributed by atoms with E-state index in [1.54, 1.807) is 11.8 Å². The van der Waals surface area contributed by atoms with Crippen LogP contribution in [0.25, 0.3) is 0 Å². The first-order valence-corrected chi connectivity index (χ1v) is 9.11. The van der Waals surface area contributed by atoms with Gasteiger partial charge in [0.25, 0.3) is 0 Å². The molecule has 1 atom stereocenters. The van der Waals surface area contributed by atoms with Crippen LogP contribution in [0, 0.1) is 0 Å². The lowest BCUT2D eigenvalue weighted by Crippen LogP contribution is -2.47. The molecule has 0 radical (unpaired) electrons. The van der Waals surface area contributed by atoms with Crippen molar-refractivity contribution in [1.82, 2.24) is 10.2 Å². The van der Waals surface area contributed by atoms with Crippen molar-refractivity contribution in [3.8, 4) is 5.75 Å². The second kappa shape index (κ2) is 9.80. The van der Waals surface area contributed by atoms with Gasteiger partial charge in [0.05, 0.1) is 25.6 Å². The Morgan fingerprint density at radius 1 is 1.35 bits per heavy atom. The molecular weight excluding hydrogens is 312 g/mol. The van der Waals surface area contributed by atoms with Gasteiger partial charge < -0.3 is 14.8 Å². The normalized spacial score (nSPS) is 16.8. The smallest absolute Gasteiger partial charge is 0.230 e. The number of rotatable bonds is 8. The van der Waals surface area contributed by atoms with E-state index < -0.39 is 0 Å². The fourth-order valence-corrected chi connectivity index (χ4v) is 3.14. The van der Waals surface area contributed by atoms with Gasteiger partial charge in [0, 0.05) is 30.6 Å². The molecule has 6 heteroatoms. The number of thioether (sulfide) groups is 1. The predicted molar refractivity (Wildman–Crippen MR) is 93.2 cm³/mol. The van der Waals surface area contributed by atoms with Crippen molar-refractivity contribution in [2.24, 2.45) is 0 Å². The molecule has 0 aliphatic carbocycles. The number of hydrogen-bond donors (Lipinski definition) is 1. The van der Waals surface area contributed by atoms with Crippen LogP contribution in [-0.4, -0.2) is 62.1 Å². The molecule has 128 valence electrons. The lowest BCUT2D eigenvalue weighted by Gasteiger charge is -2.32. The van der Waals surface area contributed by atoms with E-state index in [-0.39, 0.29) is 5.91 Å². The van der Waals surface area contributed by atoms with Gasteiger partial charge in [-0.3, -0.25) is 9.69 Å². The molecule has 0 aromatic heterocycles. The van der Waals surface area contributed by atoms with Gasteiger partial charge in [0.2, 0.25) is 5.91 Å². The van der Waals surface area contributed by atoms with E-state index in [2.05, 4.69) is 17.1 Å². The molecule has 1 amide bonds. The summed E-state index contributed by atoms with van der Waals surface area (Å²) in [6, 6.07) is 8.19. The number of nitrogens with zero attached hydrogens (tertiary/aromatic N) is 1. The zero-order chi connectivity index (χ0) is 16.5. The number of amides is 1. The average molecular weight is 338 g/mol. The van der Waals surface area contributed by atoms with Gasteiger partial charge in [-0.05, 0) is 38.1 Å². The molecule has 1 fully saturated rings. The van der Waals surface area contributed by atoms with Crippen LogP contribution in [-0.2, 0) is 9.53 Å². The highest BCUT2D eigenvalue weighted by molar-refractivity contribution is 8.00. The van der Waals surface area contributed by atoms with Gasteiger partial charge in [0.15, 0.2) is 0 Å². The second-order valence-corrected chi connectivity index (χ2v) is 6.54. The lowest BCUT2D eigenvalue weighted by atomic mass is 10.2. The summed E-state index contributed by atoms with van der Waals surface area (Å²) in [7, 11) is 0. The lowest BCUT2D eigenvalue weighted by molar-refractivity contribution is -0.118. The van der Waals surface area contributed by atoms with Crippen molar-refractivity contribution < 1.29 is 14.3 Å². The van der Waals surface area contributed by atoms with Gasteiger partial charge >= 0.3 is 0 Å². The van der Waals surface area contributed by atoms with Crippen molar-refractivity contribution >= 4 is 17.7 Å². The minimum absolute atomic E-state index is 0.0731. The van der Waals surface area contributed by atoms with E-state index in [4.69, 9.17) is 9.47 Å². The molecule has 1 saturated heterocycles. The molecule has 1 aromatic rings. The van der Waals surface area contributed by atoms with Crippen molar-refractivity contribution in [3.63, 3.8) is 0 Å². The zero-order valence-corrected chi connectivity index (χ0v) is 14.7. The molecule has 1 aliphatic rings. The Bertz CT molecular complexity index is 475. The summed E-state index contributed by atoms with van der Waals surface area (Å²) in [4.78, 5) is 15.4. The number of ether oxygens (including phenoxy) is 2. The summed E-state index contributed by atoms with van der Waals surface area (Å²) in [5, 5.41) is 3.01. The summed E-state index contributed by atoms with van der Waals surface area (Å²) >= 11 is 1.54. The maximum atomic E-state index is 12.0. The molecule has 5 nitrogen and oxygen atoms in total. The zero-order valence-electron chi connectivity index (χ0n) is 13.9. The molecule has 0 saturated carbocycles. The summed E-state index contributed by atoms with van der Waals surface area (Å²) < 4.78 is 10.8. The standard InChI is InChI=1S/C17H26N2O3S/c1-3-22-15-4-6-16(7-5-15)23-13-17(20)18-12-14(2)19-8-10-21-11-9-19/h4-7,14H,3,8-13H2,1-2H3,(H,18,20). The first kappa shape index (κ1) is 18.1. The Balaban J connectivity index is 1.66. The number of carbonyl (C=O) groups excluding carboxylic acids is 1. The predicted octanol–water partition coefficient (Wildman–Crippen LogP) is 2.01. The minimum Gasteiger partial charge on any atom is -0.494 e. The first-order chi connectivity index (χ1) is 11.2. The highest BCUT2D eigenvalue weighted by Gasteiger charge is 2.17. The topological polar surface area (TPSA) is 50.8 Å². The number of carbonyl (C=O) groups is 1. The van der Waals surface area contributed by atoms with Crippen molar-refractivity contribution in [2.75, 3.05) is 45.2 Å². The summed E-state index contributed by atoms with van der Waals surface area (Å²) in [5.41, 5.74) is 0. The third-order valence-electron chi connectivity index (χ3n) is 3.77. The van der Waals surface area contributed by atoms with Crippen LogP contribution in [0.2, 0.25) is 0 Å². The van der Waals surface area contributed by atoms with Crippen LogP contribution in [0.4, 0.5) is 0 Å². The number of morpholine rings is 1. The monoisotopic (exact) mass is 338 g/mol. The van der Waals surface area contributed by atoms with Crippen LogP contribution >= 0.6 is 11.8 Å². The highest BCUT2D eigenvalue weighted by atomic mass is 32.2. The maximum Gasteiger partial charge on any atom is 0.230 e. The molecule has 1 N–H and O–H groups in total. The third-order valence-corrected chi connectivity index (χ3v) is 4.78. The Hall–Kier alpha value is -1.24. The Morgan fingerprint density at radius 2 is 2.04 bits per heavy atom. The second-order valence-electron chi connectivity index (χ2n) is 5.49. The fraction of sp³-hybridized carbons (Fsp3) is 0.588. The van der Waals surface area contributed by atoms with Crippen LogP contribution in [0.1, 0.15) is 13.8 Å². The minimum atomic E-state index is 0.0731. The van der Waals surface area contributed by atoms with Crippen LogP contribution in [0.5, 0.6) is 5.75 Å². The van der Waals surface area contributed by atoms with Crippen molar-refractivity contribution in [1.29, 1.82) is 0 Å². The van der Waals surface area contributed by atoms with E-state index >= 15 is 0 Å². The van der Waals surface area contributed by atoms with Gasteiger partial charge in [0.1, 0.15) is 5.75 Å². The van der Waals surface area contributed by atoms with E-state index in [9.17, 15) is 4.79 Å². The molecule has 2 rings (SSSR count). The summed E-state index contributed by atoms with van der Waals surface area (Å²) in [6.07, 6.45) is 0. The molecule has 0 bridgehead atoms. The van der Waals surface area contributed by atoms with Gasteiger partial charge in [-0.2, -0.15) is 0 Å². The van der Waals surface area contributed by atoms with Gasteiger partial charge in [-0.25, -0.2) is 0 Å². The largest absolute Gasteiger partial charge is 0.494 e. The molecule has 1 aliphatic heterocycles. The van der Waals surface area contributed by atoms with Gasteiger partial charge in [-0.1, -0.05) is 0 Å². The molecule has 0 spiro atoms. The molecule has 23 heavy (non-hydrogen) atoms. The van der Waals surface area contributed by atoms with Crippen LogP contribution in [0.3, 0.4) is 0 Å². The summed E-state index contributed by atoms with van der Waals surface area (Å²) in [6.45, 7) is 8.91. The Morgan fingerprint density at radius 3 is 2.70 bits per heavy atom. The highest BCUT2D eigenvalue weighted by Crippen LogP contribution is 2.21. The Kier molecular flexibility index (Phi) is 7.71. The Labute approximate surface area is 142 Å². The first-order valence-electron chi connectivity index (χ1n) is 8.13. The van der Waals surface area contributed by atoms with Crippen molar-refractivity contribution in [2.45, 2.75) is 24.8 Å². The SMILES string of the molecule is CCOc1ccc(SCC(=O)NCC(C)N2CCOCC2)cc1. The van der Waals surface area contributed by atoms with Crippen LogP contribution < -0.4 is 10.1 Å². The van der Waals surface area contributed by atoms with E-state index in [1.807, 2.05) is 31.2 Å². The molecule has 1 unspecified atom stereocenters. The van der Waals surface area contributed by atoms with Crippen molar-refractivity contribution in [3.05, 3.63) is 24.3 Å². The van der Waals surface area contributed by atoms with Gasteiger partial charge in [-0.15, -0.1) is 11.8 Å². The third kappa shape index (κ3) is 6.41. The molecule has 1 heterocycles. The number of benzene rings is 1. The summed E-state index contributed by atoms with van der Waals surface area (Å²) in [5.74, 6) is 1.37. The van der Waals surface area contributed by atoms with Crippen LogP contribution in [0.15, 0.2) is 29.2 Å².